The molecule has 12 heavy (non-hydrogen) atoms. The Morgan fingerprint density at radius 3 is 2.25 bits per heavy atom. The highest BCUT2D eigenvalue weighted by Crippen LogP contribution is 2.36. The first-order chi connectivity index (χ1) is 5.78. The van der Waals surface area contributed by atoms with Crippen molar-refractivity contribution >= 4 is 6.29 Å². The zero-order valence-corrected chi connectivity index (χ0v) is 7.70. The van der Waals surface area contributed by atoms with Gasteiger partial charge in [-0.25, -0.2) is 0 Å². The molecule has 1 aliphatic carbocycles. The fraction of sp³-hybridized carbons (Fsp3) is 0.900. The van der Waals surface area contributed by atoms with Crippen LogP contribution in [-0.4, -0.2) is 31.3 Å². The van der Waals surface area contributed by atoms with Gasteiger partial charge in [0.1, 0.15) is 6.29 Å². The number of rotatable bonds is 1. The van der Waals surface area contributed by atoms with E-state index in [-0.39, 0.29) is 0 Å². The third-order valence-electron chi connectivity index (χ3n) is 3.27. The van der Waals surface area contributed by atoms with E-state index in [1.807, 2.05) is 0 Å². The van der Waals surface area contributed by atoms with E-state index in [2.05, 4.69) is 11.9 Å². The summed E-state index contributed by atoms with van der Waals surface area (Å²) in [5, 5.41) is 0. The first-order valence-electron chi connectivity index (χ1n) is 4.91. The van der Waals surface area contributed by atoms with Crippen LogP contribution in [0.1, 0.15) is 19.3 Å². The Morgan fingerprint density at radius 1 is 1.17 bits per heavy atom. The fourth-order valence-electron chi connectivity index (χ4n) is 2.98. The zero-order chi connectivity index (χ0) is 8.55. The monoisotopic (exact) mass is 167 g/mol. The number of nitrogens with zero attached hydrogens (tertiary/aromatic N) is 1. The second-order valence-corrected chi connectivity index (χ2v) is 4.56. The van der Waals surface area contributed by atoms with Crippen LogP contribution in [0.25, 0.3) is 0 Å². The van der Waals surface area contributed by atoms with Crippen LogP contribution in [0.3, 0.4) is 0 Å². The Kier molecular flexibility index (Phi) is 2.18. The van der Waals surface area contributed by atoms with Gasteiger partial charge in [-0.3, -0.25) is 0 Å². The highest BCUT2D eigenvalue weighted by atomic mass is 16.1. The number of carbonyl (C=O) groups is 1. The summed E-state index contributed by atoms with van der Waals surface area (Å²) in [4.78, 5) is 13.1. The van der Waals surface area contributed by atoms with Gasteiger partial charge in [0.15, 0.2) is 0 Å². The predicted molar refractivity (Wildman–Crippen MR) is 47.9 cm³/mol. The number of carbonyl (C=O) groups excluding carboxylic acids is 1. The summed E-state index contributed by atoms with van der Waals surface area (Å²) in [7, 11) is 2.19. The largest absolute Gasteiger partial charge is 0.306 e. The molecule has 1 saturated heterocycles. The van der Waals surface area contributed by atoms with Crippen LogP contribution >= 0.6 is 0 Å². The predicted octanol–water partition coefficient (Wildman–Crippen LogP) is 1.16. The van der Waals surface area contributed by atoms with Gasteiger partial charge in [-0.2, -0.15) is 0 Å². The second-order valence-electron chi connectivity index (χ2n) is 4.56. The maximum Gasteiger partial charge on any atom is 0.123 e. The summed E-state index contributed by atoms with van der Waals surface area (Å²) in [5.41, 5.74) is 0. The summed E-state index contributed by atoms with van der Waals surface area (Å²) in [6, 6.07) is 0. The van der Waals surface area contributed by atoms with Gasteiger partial charge < -0.3 is 9.69 Å². The third-order valence-corrected chi connectivity index (χ3v) is 3.27. The third kappa shape index (κ3) is 1.53. The average Bonchev–Trinajstić information content (AvgIpc) is 2.02. The van der Waals surface area contributed by atoms with Gasteiger partial charge in [-0.05, 0) is 38.1 Å². The molecule has 0 aromatic carbocycles. The Bertz CT molecular complexity index is 163. The Balaban J connectivity index is 2.00. The van der Waals surface area contributed by atoms with Gasteiger partial charge in [0, 0.05) is 19.0 Å². The van der Waals surface area contributed by atoms with Crippen molar-refractivity contribution in [2.75, 3.05) is 20.1 Å². The first kappa shape index (κ1) is 8.24. The van der Waals surface area contributed by atoms with Crippen LogP contribution in [0.5, 0.6) is 0 Å². The number of aldehydes is 1. The summed E-state index contributed by atoms with van der Waals surface area (Å²) >= 11 is 0. The van der Waals surface area contributed by atoms with E-state index in [4.69, 9.17) is 0 Å². The molecule has 68 valence electrons. The van der Waals surface area contributed by atoms with E-state index in [1.165, 1.54) is 25.8 Å². The van der Waals surface area contributed by atoms with Crippen molar-refractivity contribution in [3.8, 4) is 0 Å². The quantitative estimate of drug-likeness (QED) is 0.546. The fourth-order valence-corrected chi connectivity index (χ4v) is 2.98. The number of hydrogen-bond acceptors (Lipinski definition) is 2. The van der Waals surface area contributed by atoms with E-state index in [1.54, 1.807) is 0 Å². The molecule has 0 aromatic heterocycles. The molecule has 0 radical (unpaired) electrons. The van der Waals surface area contributed by atoms with Crippen LogP contribution in [0.2, 0.25) is 0 Å². The van der Waals surface area contributed by atoms with E-state index in [0.717, 1.165) is 24.7 Å². The van der Waals surface area contributed by atoms with Crippen molar-refractivity contribution in [2.45, 2.75) is 19.3 Å². The number of piperidine rings is 1. The van der Waals surface area contributed by atoms with E-state index in [9.17, 15) is 4.79 Å². The number of likely N-dealkylation sites (tertiary alicyclic amines) is 1. The molecular weight excluding hydrogens is 150 g/mol. The molecule has 0 spiro atoms. The smallest absolute Gasteiger partial charge is 0.123 e. The molecule has 2 bridgehead atoms. The molecule has 2 aliphatic rings. The first-order valence-corrected chi connectivity index (χ1v) is 4.91. The van der Waals surface area contributed by atoms with Crippen LogP contribution in [0.15, 0.2) is 0 Å². The number of hydrogen-bond donors (Lipinski definition) is 0. The van der Waals surface area contributed by atoms with Crippen molar-refractivity contribution in [2.24, 2.45) is 17.8 Å². The molecule has 2 atom stereocenters. The Hall–Kier alpha value is -0.370. The lowest BCUT2D eigenvalue weighted by Gasteiger charge is -2.41. The molecule has 0 N–H and O–H groups in total. The van der Waals surface area contributed by atoms with Gasteiger partial charge >= 0.3 is 0 Å². The van der Waals surface area contributed by atoms with Crippen LogP contribution in [0.4, 0.5) is 0 Å². The van der Waals surface area contributed by atoms with E-state index >= 15 is 0 Å². The average molecular weight is 167 g/mol. The van der Waals surface area contributed by atoms with Gasteiger partial charge in [0.2, 0.25) is 0 Å². The van der Waals surface area contributed by atoms with Crippen molar-refractivity contribution in [3.05, 3.63) is 0 Å². The maximum atomic E-state index is 10.7. The van der Waals surface area contributed by atoms with Crippen LogP contribution in [-0.2, 0) is 4.79 Å². The molecule has 2 fully saturated rings. The van der Waals surface area contributed by atoms with Crippen molar-refractivity contribution in [1.82, 2.24) is 4.90 Å². The van der Waals surface area contributed by atoms with E-state index in [0.29, 0.717) is 5.92 Å². The summed E-state index contributed by atoms with van der Waals surface area (Å²) in [6.45, 7) is 2.42. The molecule has 1 aliphatic heterocycles. The van der Waals surface area contributed by atoms with Crippen LogP contribution < -0.4 is 0 Å². The summed E-state index contributed by atoms with van der Waals surface area (Å²) in [5.74, 6) is 1.98. The maximum absolute atomic E-state index is 10.7. The van der Waals surface area contributed by atoms with Gasteiger partial charge in [0.25, 0.3) is 0 Å². The highest BCUT2D eigenvalue weighted by Gasteiger charge is 2.33. The number of fused-ring (bicyclic) bond motifs is 2. The lowest BCUT2D eigenvalue weighted by atomic mass is 9.73. The minimum Gasteiger partial charge on any atom is -0.306 e. The normalized spacial score (nSPS) is 42.6. The molecule has 2 rings (SSSR count). The van der Waals surface area contributed by atoms with Crippen molar-refractivity contribution in [1.29, 1.82) is 0 Å². The SMILES string of the molecule is CN1CC2CC(C=O)CC(C2)C1. The van der Waals surface area contributed by atoms with Gasteiger partial charge in [0.05, 0.1) is 0 Å². The lowest BCUT2D eigenvalue weighted by Crippen LogP contribution is -2.42. The molecule has 2 heteroatoms. The molecular formula is C10H17NO. The van der Waals surface area contributed by atoms with Crippen molar-refractivity contribution < 1.29 is 4.79 Å². The minimum atomic E-state index is 0.377. The summed E-state index contributed by atoms with van der Waals surface area (Å²) < 4.78 is 0. The van der Waals surface area contributed by atoms with Gasteiger partial charge in [-0.15, -0.1) is 0 Å². The van der Waals surface area contributed by atoms with Gasteiger partial charge in [-0.1, -0.05) is 0 Å². The minimum absolute atomic E-state index is 0.377. The Morgan fingerprint density at radius 2 is 1.75 bits per heavy atom. The molecule has 2 unspecified atom stereocenters. The topological polar surface area (TPSA) is 20.3 Å². The molecule has 1 saturated carbocycles. The molecule has 1 heterocycles. The zero-order valence-electron chi connectivity index (χ0n) is 7.70. The van der Waals surface area contributed by atoms with Crippen molar-refractivity contribution in [3.63, 3.8) is 0 Å². The van der Waals surface area contributed by atoms with Crippen LogP contribution in [0, 0.1) is 17.8 Å². The lowest BCUT2D eigenvalue weighted by molar-refractivity contribution is -0.113. The second kappa shape index (κ2) is 3.17. The standard InChI is InChI=1S/C10H17NO/c1-11-5-8-2-9(6-11)4-10(3-8)7-12/h7-10H,2-6H2,1H3. The Labute approximate surface area is 73.9 Å². The summed E-state index contributed by atoms with van der Waals surface area (Å²) in [6.07, 6.45) is 4.83. The molecule has 0 amide bonds. The van der Waals surface area contributed by atoms with E-state index < -0.39 is 0 Å². The molecule has 0 aromatic rings. The molecule has 2 nitrogen and oxygen atoms in total. The highest BCUT2D eigenvalue weighted by molar-refractivity contribution is 5.53.